The smallest absolute Gasteiger partial charge is 0.133 e. The fraction of sp³-hybridized carbons (Fsp3) is 0.417. The number of hydrogen-bond donors (Lipinski definition) is 0. The first-order valence-corrected chi connectivity index (χ1v) is 4.97. The van der Waals surface area contributed by atoms with Gasteiger partial charge in [0.1, 0.15) is 11.5 Å². The zero-order valence-electron chi connectivity index (χ0n) is 8.38. The fourth-order valence-corrected chi connectivity index (χ4v) is 1.98. The van der Waals surface area contributed by atoms with Crippen molar-refractivity contribution in [2.75, 3.05) is 7.11 Å². The van der Waals surface area contributed by atoms with Gasteiger partial charge in [-0.3, -0.25) is 4.79 Å². The second kappa shape index (κ2) is 3.82. The lowest BCUT2D eigenvalue weighted by atomic mass is 10.0. The third-order valence-electron chi connectivity index (χ3n) is 2.78. The molecule has 0 aliphatic heterocycles. The van der Waals surface area contributed by atoms with Gasteiger partial charge in [-0.05, 0) is 30.0 Å². The average Bonchev–Trinajstić information content (AvgIpc) is 2.41. The average molecular weight is 190 g/mol. The molecule has 1 aromatic rings. The van der Waals surface area contributed by atoms with Crippen LogP contribution in [0.5, 0.6) is 5.75 Å². The lowest BCUT2D eigenvalue weighted by Gasteiger charge is -2.09. The largest absolute Gasteiger partial charge is 0.496 e. The van der Waals surface area contributed by atoms with Crippen LogP contribution >= 0.6 is 0 Å². The number of carbonyl (C=O) groups excluding carboxylic acids is 1. The molecule has 0 atom stereocenters. The molecular weight excluding hydrogens is 176 g/mol. The number of ether oxygens (including phenoxy) is 1. The van der Waals surface area contributed by atoms with Crippen molar-refractivity contribution in [1.29, 1.82) is 0 Å². The van der Waals surface area contributed by atoms with Crippen molar-refractivity contribution in [2.24, 2.45) is 0 Å². The Bertz CT molecular complexity index is 355. The highest BCUT2D eigenvalue weighted by molar-refractivity contribution is 5.79. The van der Waals surface area contributed by atoms with Gasteiger partial charge in [0.15, 0.2) is 0 Å². The van der Waals surface area contributed by atoms with Crippen molar-refractivity contribution in [2.45, 2.75) is 25.7 Å². The molecule has 0 heterocycles. The van der Waals surface area contributed by atoms with Crippen LogP contribution in [0.1, 0.15) is 24.0 Å². The molecule has 1 aliphatic carbocycles. The molecule has 2 nitrogen and oxygen atoms in total. The molecule has 2 rings (SSSR count). The highest BCUT2D eigenvalue weighted by Gasteiger charge is 2.15. The summed E-state index contributed by atoms with van der Waals surface area (Å²) in [6, 6.07) is 6.05. The number of fused-ring (bicyclic) bond motifs is 1. The second-order valence-corrected chi connectivity index (χ2v) is 3.64. The highest BCUT2D eigenvalue weighted by atomic mass is 16.5. The molecular formula is C12H14O2. The van der Waals surface area contributed by atoms with E-state index < -0.39 is 0 Å². The number of benzene rings is 1. The van der Waals surface area contributed by atoms with Gasteiger partial charge in [0.05, 0.1) is 7.11 Å². The number of carbonyl (C=O) groups is 1. The summed E-state index contributed by atoms with van der Waals surface area (Å²) in [6.07, 6.45) is 3.04. The zero-order chi connectivity index (χ0) is 9.97. The molecule has 2 heteroatoms. The molecule has 0 saturated heterocycles. The molecule has 0 N–H and O–H groups in total. The molecule has 1 aromatic carbocycles. The summed E-state index contributed by atoms with van der Waals surface area (Å²) in [5.74, 6) is 1.29. The first-order chi connectivity index (χ1) is 6.81. The summed E-state index contributed by atoms with van der Waals surface area (Å²) in [5.41, 5.74) is 2.50. The van der Waals surface area contributed by atoms with Crippen LogP contribution in [0.3, 0.4) is 0 Å². The molecule has 0 saturated carbocycles. The van der Waals surface area contributed by atoms with Gasteiger partial charge in [-0.2, -0.15) is 0 Å². The van der Waals surface area contributed by atoms with Crippen molar-refractivity contribution in [3.63, 3.8) is 0 Å². The lowest BCUT2D eigenvalue weighted by Crippen LogP contribution is -1.96. The van der Waals surface area contributed by atoms with Crippen LogP contribution in [0.2, 0.25) is 0 Å². The Hall–Kier alpha value is -1.31. The van der Waals surface area contributed by atoms with Crippen molar-refractivity contribution < 1.29 is 9.53 Å². The van der Waals surface area contributed by atoms with Gasteiger partial charge in [-0.15, -0.1) is 0 Å². The highest BCUT2D eigenvalue weighted by Crippen LogP contribution is 2.27. The van der Waals surface area contributed by atoms with E-state index in [0.29, 0.717) is 18.6 Å². The Kier molecular flexibility index (Phi) is 2.53. The van der Waals surface area contributed by atoms with Crippen LogP contribution in [-0.2, 0) is 17.6 Å². The fourth-order valence-electron chi connectivity index (χ4n) is 1.98. The van der Waals surface area contributed by atoms with E-state index >= 15 is 0 Å². The Balaban J connectivity index is 2.39. The number of aryl methyl sites for hydroxylation is 1. The summed E-state index contributed by atoms with van der Waals surface area (Å²) < 4.78 is 5.29. The Morgan fingerprint density at radius 3 is 2.71 bits per heavy atom. The summed E-state index contributed by atoms with van der Waals surface area (Å²) in [7, 11) is 1.68. The summed E-state index contributed by atoms with van der Waals surface area (Å²) in [5, 5.41) is 0. The van der Waals surface area contributed by atoms with Crippen LogP contribution in [0.4, 0.5) is 0 Å². The Morgan fingerprint density at radius 2 is 1.93 bits per heavy atom. The molecule has 0 aromatic heterocycles. The van der Waals surface area contributed by atoms with Crippen LogP contribution < -0.4 is 4.74 Å². The van der Waals surface area contributed by atoms with Crippen LogP contribution in [0, 0.1) is 0 Å². The van der Waals surface area contributed by atoms with Gasteiger partial charge >= 0.3 is 0 Å². The zero-order valence-corrected chi connectivity index (χ0v) is 8.38. The SMILES string of the molecule is COc1cccc2c1CCC(=O)CC2. The molecule has 0 spiro atoms. The van der Waals surface area contributed by atoms with E-state index in [1.54, 1.807) is 7.11 Å². The topological polar surface area (TPSA) is 26.3 Å². The first-order valence-electron chi connectivity index (χ1n) is 4.97. The monoisotopic (exact) mass is 190 g/mol. The van der Waals surface area contributed by atoms with Crippen molar-refractivity contribution in [1.82, 2.24) is 0 Å². The molecule has 0 fully saturated rings. The minimum Gasteiger partial charge on any atom is -0.496 e. The van der Waals surface area contributed by atoms with E-state index in [-0.39, 0.29) is 0 Å². The second-order valence-electron chi connectivity index (χ2n) is 3.64. The number of ketones is 1. The first kappa shape index (κ1) is 9.25. The molecule has 0 radical (unpaired) electrons. The molecule has 0 bridgehead atoms. The van der Waals surface area contributed by atoms with Crippen LogP contribution in [0.25, 0.3) is 0 Å². The van der Waals surface area contributed by atoms with Gasteiger partial charge in [0.2, 0.25) is 0 Å². The van der Waals surface area contributed by atoms with Gasteiger partial charge in [-0.1, -0.05) is 12.1 Å². The number of methoxy groups -OCH3 is 1. The summed E-state index contributed by atoms with van der Waals surface area (Å²) in [6.45, 7) is 0. The van der Waals surface area contributed by atoms with E-state index in [2.05, 4.69) is 6.07 Å². The number of Topliss-reactive ketones (excluding diaryl/α,β-unsaturated/α-hetero) is 1. The quantitative estimate of drug-likeness (QED) is 0.634. The van der Waals surface area contributed by atoms with E-state index in [9.17, 15) is 4.79 Å². The molecule has 14 heavy (non-hydrogen) atoms. The van der Waals surface area contributed by atoms with Gasteiger partial charge in [0.25, 0.3) is 0 Å². The van der Waals surface area contributed by atoms with Gasteiger partial charge < -0.3 is 4.74 Å². The van der Waals surface area contributed by atoms with E-state index in [0.717, 1.165) is 18.6 Å². The minimum absolute atomic E-state index is 0.364. The standard InChI is InChI=1S/C12H14O2/c1-14-12-4-2-3-9-5-6-10(13)7-8-11(9)12/h2-4H,5-8H2,1H3. The predicted octanol–water partition coefficient (Wildman–Crippen LogP) is 2.14. The van der Waals surface area contributed by atoms with Crippen molar-refractivity contribution >= 4 is 5.78 Å². The normalized spacial score (nSPS) is 15.9. The lowest BCUT2D eigenvalue weighted by molar-refractivity contribution is -0.118. The molecule has 0 unspecified atom stereocenters. The number of hydrogen-bond acceptors (Lipinski definition) is 2. The maximum atomic E-state index is 11.3. The number of rotatable bonds is 1. The maximum absolute atomic E-state index is 11.3. The third kappa shape index (κ3) is 1.65. The van der Waals surface area contributed by atoms with E-state index in [1.165, 1.54) is 11.1 Å². The van der Waals surface area contributed by atoms with Crippen molar-refractivity contribution in [3.8, 4) is 5.75 Å². The van der Waals surface area contributed by atoms with Crippen LogP contribution in [0.15, 0.2) is 18.2 Å². The Labute approximate surface area is 83.9 Å². The third-order valence-corrected chi connectivity index (χ3v) is 2.78. The predicted molar refractivity (Wildman–Crippen MR) is 54.6 cm³/mol. The maximum Gasteiger partial charge on any atom is 0.133 e. The minimum atomic E-state index is 0.364. The van der Waals surface area contributed by atoms with Gasteiger partial charge in [-0.25, -0.2) is 0 Å². The summed E-state index contributed by atoms with van der Waals surface area (Å²) >= 11 is 0. The van der Waals surface area contributed by atoms with Crippen LogP contribution in [-0.4, -0.2) is 12.9 Å². The van der Waals surface area contributed by atoms with Crippen molar-refractivity contribution in [3.05, 3.63) is 29.3 Å². The molecule has 1 aliphatic rings. The molecule has 0 amide bonds. The Morgan fingerprint density at radius 1 is 1.14 bits per heavy atom. The van der Waals surface area contributed by atoms with Gasteiger partial charge in [0, 0.05) is 12.8 Å². The van der Waals surface area contributed by atoms with E-state index in [4.69, 9.17) is 4.74 Å². The van der Waals surface area contributed by atoms with E-state index in [1.807, 2.05) is 12.1 Å². The summed E-state index contributed by atoms with van der Waals surface area (Å²) in [4.78, 5) is 11.3. The molecule has 74 valence electrons.